The molecule has 1 aliphatic carbocycles. The average Bonchev–Trinajstić information content (AvgIpc) is 2.63. The van der Waals surface area contributed by atoms with Crippen LogP contribution in [0.2, 0.25) is 0 Å². The number of halogens is 4. The van der Waals surface area contributed by atoms with E-state index in [-0.39, 0.29) is 17.7 Å². The van der Waals surface area contributed by atoms with E-state index < -0.39 is 12.6 Å². The fraction of sp³-hybridized carbons (Fsp3) is 0.538. The van der Waals surface area contributed by atoms with Crippen LogP contribution < -0.4 is 0 Å². The fourth-order valence-corrected chi connectivity index (χ4v) is 2.65. The molecule has 0 spiro atoms. The number of alkyl halides is 3. The molecule has 0 radical (unpaired) electrons. The molecule has 1 saturated carbocycles. The molecule has 1 aliphatic rings. The maximum atomic E-state index is 13.0. The number of hydrogen-bond acceptors (Lipinski definition) is 0. The van der Waals surface area contributed by atoms with Crippen LogP contribution in [0.25, 0.3) is 0 Å². The smallest absolute Gasteiger partial charge is 0.207 e. The van der Waals surface area contributed by atoms with E-state index in [2.05, 4.69) is 0 Å². The molecule has 0 saturated heterocycles. The molecule has 1 aromatic rings. The molecule has 0 unspecified atom stereocenters. The summed E-state index contributed by atoms with van der Waals surface area (Å²) in [7, 11) is 0. The molecule has 0 aromatic heterocycles. The van der Waals surface area contributed by atoms with E-state index in [0.29, 0.717) is 12.8 Å². The maximum absolute atomic E-state index is 13.0. The predicted octanol–water partition coefficient (Wildman–Crippen LogP) is 4.66. The second-order valence-electron chi connectivity index (χ2n) is 4.75. The predicted molar refractivity (Wildman–Crippen MR) is 57.2 cm³/mol. The third kappa shape index (κ3) is 3.45. The molecule has 0 aliphatic heterocycles. The van der Waals surface area contributed by atoms with Crippen LogP contribution in [0.5, 0.6) is 0 Å². The van der Waals surface area contributed by atoms with E-state index in [1.54, 1.807) is 12.1 Å². The molecule has 1 fully saturated rings. The van der Waals surface area contributed by atoms with Crippen molar-refractivity contribution in [3.8, 4) is 0 Å². The highest BCUT2D eigenvalue weighted by atomic mass is 19.4. The van der Waals surface area contributed by atoms with Crippen LogP contribution in [-0.2, 0) is 0 Å². The van der Waals surface area contributed by atoms with E-state index in [0.717, 1.165) is 12.0 Å². The van der Waals surface area contributed by atoms with E-state index in [4.69, 9.17) is 0 Å². The van der Waals surface area contributed by atoms with Crippen molar-refractivity contribution in [1.29, 1.82) is 0 Å². The zero-order valence-electron chi connectivity index (χ0n) is 9.30. The van der Waals surface area contributed by atoms with Crippen molar-refractivity contribution in [2.24, 2.45) is 5.92 Å². The Morgan fingerprint density at radius 3 is 2.59 bits per heavy atom. The lowest BCUT2D eigenvalue weighted by molar-refractivity contribution is -0.144. The van der Waals surface area contributed by atoms with Gasteiger partial charge in [0, 0.05) is 6.42 Å². The summed E-state index contributed by atoms with van der Waals surface area (Å²) < 4.78 is 49.7. The molecule has 94 valence electrons. The Morgan fingerprint density at radius 1 is 1.18 bits per heavy atom. The first-order valence-electron chi connectivity index (χ1n) is 5.76. The zero-order chi connectivity index (χ0) is 12.5. The molecule has 2 atom stereocenters. The Labute approximate surface area is 97.6 Å². The third-order valence-corrected chi connectivity index (χ3v) is 3.38. The van der Waals surface area contributed by atoms with Gasteiger partial charge in [-0.05, 0) is 48.8 Å². The minimum absolute atomic E-state index is 0.0815. The molecule has 2 rings (SSSR count). The molecule has 0 nitrogen and oxygen atoms in total. The van der Waals surface area contributed by atoms with Gasteiger partial charge in [0.05, 0.1) is 0 Å². The molecule has 4 heteroatoms. The van der Waals surface area contributed by atoms with Crippen LogP contribution in [0.4, 0.5) is 17.6 Å². The third-order valence-electron chi connectivity index (χ3n) is 3.38. The van der Waals surface area contributed by atoms with Gasteiger partial charge < -0.3 is 0 Å². The van der Waals surface area contributed by atoms with Crippen molar-refractivity contribution in [2.45, 2.75) is 37.8 Å². The minimum atomic E-state index is -4.08. The van der Waals surface area contributed by atoms with Gasteiger partial charge in [-0.1, -0.05) is 12.1 Å². The fourth-order valence-electron chi connectivity index (χ4n) is 2.65. The van der Waals surface area contributed by atoms with Gasteiger partial charge in [-0.15, -0.1) is 0 Å². The number of rotatable bonds is 2. The molecule has 0 bridgehead atoms. The maximum Gasteiger partial charge on any atom is 0.389 e. The van der Waals surface area contributed by atoms with Crippen molar-refractivity contribution in [1.82, 2.24) is 0 Å². The standard InChI is InChI=1S/C13H14F4/c14-12-3-1-2-10(7-12)11-5-4-9(6-11)8-13(15,16)17/h1-3,7,9,11H,4-6,8H2/t9-,11+/m0/s1. The lowest BCUT2D eigenvalue weighted by atomic mass is 9.95. The van der Waals surface area contributed by atoms with Crippen LogP contribution in [0.15, 0.2) is 24.3 Å². The van der Waals surface area contributed by atoms with Gasteiger partial charge in [0.25, 0.3) is 0 Å². The largest absolute Gasteiger partial charge is 0.389 e. The molecule has 0 N–H and O–H groups in total. The van der Waals surface area contributed by atoms with Gasteiger partial charge in [-0.3, -0.25) is 0 Å². The van der Waals surface area contributed by atoms with Crippen molar-refractivity contribution in [3.63, 3.8) is 0 Å². The van der Waals surface area contributed by atoms with Crippen molar-refractivity contribution in [3.05, 3.63) is 35.6 Å². The highest BCUT2D eigenvalue weighted by Crippen LogP contribution is 2.42. The first kappa shape index (κ1) is 12.4. The van der Waals surface area contributed by atoms with E-state index in [9.17, 15) is 17.6 Å². The van der Waals surface area contributed by atoms with Crippen molar-refractivity contribution >= 4 is 0 Å². The Hall–Kier alpha value is -1.06. The summed E-state index contributed by atoms with van der Waals surface area (Å²) >= 11 is 0. The highest BCUT2D eigenvalue weighted by Gasteiger charge is 2.36. The summed E-state index contributed by atoms with van der Waals surface area (Å²) in [6, 6.07) is 6.19. The lowest BCUT2D eigenvalue weighted by Crippen LogP contribution is -2.13. The van der Waals surface area contributed by atoms with Crippen LogP contribution in [0.1, 0.15) is 37.2 Å². The quantitative estimate of drug-likeness (QED) is 0.665. The summed E-state index contributed by atoms with van der Waals surface area (Å²) in [5.41, 5.74) is 0.828. The van der Waals surface area contributed by atoms with Crippen LogP contribution in [0, 0.1) is 11.7 Å². The van der Waals surface area contributed by atoms with Crippen molar-refractivity contribution < 1.29 is 17.6 Å². The first-order valence-corrected chi connectivity index (χ1v) is 5.76. The summed E-state index contributed by atoms with van der Waals surface area (Å²) in [6.45, 7) is 0. The van der Waals surface area contributed by atoms with E-state index in [1.807, 2.05) is 0 Å². The van der Waals surface area contributed by atoms with Crippen LogP contribution >= 0.6 is 0 Å². The van der Waals surface area contributed by atoms with Gasteiger partial charge in [0.15, 0.2) is 0 Å². The number of benzene rings is 1. The Kier molecular flexibility index (Phi) is 3.40. The van der Waals surface area contributed by atoms with E-state index in [1.165, 1.54) is 12.1 Å². The molecular weight excluding hydrogens is 232 g/mol. The topological polar surface area (TPSA) is 0 Å². The Balaban J connectivity index is 1.98. The summed E-state index contributed by atoms with van der Waals surface area (Å²) in [4.78, 5) is 0. The molecule has 1 aromatic carbocycles. The molecule has 0 heterocycles. The summed E-state index contributed by atoms with van der Waals surface area (Å²) in [5, 5.41) is 0. The second-order valence-corrected chi connectivity index (χ2v) is 4.75. The second kappa shape index (κ2) is 4.67. The van der Waals surface area contributed by atoms with Crippen molar-refractivity contribution in [2.75, 3.05) is 0 Å². The van der Waals surface area contributed by atoms with Gasteiger partial charge in [-0.2, -0.15) is 13.2 Å². The van der Waals surface area contributed by atoms with Crippen LogP contribution in [-0.4, -0.2) is 6.18 Å². The summed E-state index contributed by atoms with van der Waals surface area (Å²) in [6.07, 6.45) is -2.96. The highest BCUT2D eigenvalue weighted by molar-refractivity contribution is 5.21. The molecular formula is C13H14F4. The zero-order valence-corrected chi connectivity index (χ0v) is 9.30. The van der Waals surface area contributed by atoms with Gasteiger partial charge >= 0.3 is 6.18 Å². The normalized spacial score (nSPS) is 25.2. The first-order chi connectivity index (χ1) is 7.94. The number of hydrogen-bond donors (Lipinski definition) is 0. The average molecular weight is 246 g/mol. The monoisotopic (exact) mass is 246 g/mol. The molecule has 17 heavy (non-hydrogen) atoms. The Bertz CT molecular complexity index is 383. The van der Waals surface area contributed by atoms with Crippen LogP contribution in [0.3, 0.4) is 0 Å². The Morgan fingerprint density at radius 2 is 1.94 bits per heavy atom. The molecule has 0 amide bonds. The SMILES string of the molecule is Fc1cccc([C@@H]2CC[C@H](CC(F)(F)F)C2)c1. The minimum Gasteiger partial charge on any atom is -0.207 e. The van der Waals surface area contributed by atoms with Gasteiger partial charge in [-0.25, -0.2) is 4.39 Å². The van der Waals surface area contributed by atoms with Gasteiger partial charge in [0.2, 0.25) is 0 Å². The lowest BCUT2D eigenvalue weighted by Gasteiger charge is -2.13. The van der Waals surface area contributed by atoms with Gasteiger partial charge in [0.1, 0.15) is 5.82 Å². The summed E-state index contributed by atoms with van der Waals surface area (Å²) in [5.74, 6) is -0.539. The van der Waals surface area contributed by atoms with E-state index >= 15 is 0 Å².